The number of nitrogens with zero attached hydrogens (tertiary/aromatic N) is 1. The van der Waals surface area contributed by atoms with Crippen LogP contribution in [0.15, 0.2) is 6.07 Å². The molecule has 6 aliphatic rings. The van der Waals surface area contributed by atoms with Crippen LogP contribution < -0.4 is 0 Å². The van der Waals surface area contributed by atoms with Crippen molar-refractivity contribution in [2.75, 3.05) is 0 Å². The Hall–Kier alpha value is -1.01. The molecule has 7 rings (SSSR count). The van der Waals surface area contributed by atoms with E-state index < -0.39 is 0 Å². The van der Waals surface area contributed by atoms with Crippen LogP contribution in [0.2, 0.25) is 0 Å². The number of ether oxygens (including phenoxy) is 4. The Morgan fingerprint density at radius 3 is 1.67 bits per heavy atom. The first-order chi connectivity index (χ1) is 8.90. The number of rotatable bonds is 0. The largest absolute Gasteiger partial charge is 0.361 e. The molecule has 4 aliphatic heterocycles. The van der Waals surface area contributed by atoms with Crippen LogP contribution in [-0.4, -0.2) is 29.4 Å². The summed E-state index contributed by atoms with van der Waals surface area (Å²) in [6.45, 7) is 0. The third-order valence-electron chi connectivity index (χ3n) is 5.05. The average Bonchev–Trinajstić information content (AvgIpc) is 3.25. The van der Waals surface area contributed by atoms with E-state index >= 15 is 0 Å². The lowest BCUT2D eigenvalue weighted by Crippen LogP contribution is -2.15. The molecule has 0 aromatic carbocycles. The summed E-state index contributed by atoms with van der Waals surface area (Å²) in [5.74, 6) is 0. The van der Waals surface area contributed by atoms with Crippen molar-refractivity contribution in [3.63, 3.8) is 0 Å². The monoisotopic (exact) mass is 243 g/mol. The Morgan fingerprint density at radius 2 is 1.11 bits per heavy atom. The minimum atomic E-state index is 0.170. The van der Waals surface area contributed by atoms with Crippen molar-refractivity contribution in [2.24, 2.45) is 0 Å². The van der Waals surface area contributed by atoms with Crippen LogP contribution in [0.25, 0.3) is 0 Å². The van der Waals surface area contributed by atoms with Crippen LogP contribution in [0, 0.1) is 0 Å². The molecule has 0 spiro atoms. The lowest BCUT2D eigenvalue weighted by Gasteiger charge is -2.14. The maximum Gasteiger partial charge on any atom is 0.129 e. The SMILES string of the molecule is c1c2c(nc3c1[C@@H]1O[C@@H]1[C@H]1O[C@@H]31)[C@@H]1O[C@@H]1[C@H]1O[C@@H]21. The normalized spacial score (nSPS) is 58.2. The zero-order valence-corrected chi connectivity index (χ0v) is 9.28. The first kappa shape index (κ1) is 8.22. The van der Waals surface area contributed by atoms with Gasteiger partial charge in [-0.2, -0.15) is 0 Å². The summed E-state index contributed by atoms with van der Waals surface area (Å²) in [5.41, 5.74) is 4.63. The summed E-state index contributed by atoms with van der Waals surface area (Å²) < 4.78 is 22.7. The van der Waals surface area contributed by atoms with E-state index in [2.05, 4.69) is 6.07 Å². The molecule has 5 heteroatoms. The minimum Gasteiger partial charge on any atom is -0.361 e. The van der Waals surface area contributed by atoms with Crippen molar-refractivity contribution in [2.45, 2.75) is 48.8 Å². The van der Waals surface area contributed by atoms with Crippen molar-refractivity contribution in [1.82, 2.24) is 4.98 Å². The number of fused-ring (bicyclic) bond motifs is 12. The van der Waals surface area contributed by atoms with Gasteiger partial charge in [-0.1, -0.05) is 0 Å². The predicted octanol–water partition coefficient (Wildman–Crippen LogP) is 0.868. The number of hydrogen-bond acceptors (Lipinski definition) is 5. The Morgan fingerprint density at radius 1 is 0.667 bits per heavy atom. The third kappa shape index (κ3) is 0.739. The van der Waals surface area contributed by atoms with Gasteiger partial charge in [0.25, 0.3) is 0 Å². The molecule has 18 heavy (non-hydrogen) atoms. The summed E-state index contributed by atoms with van der Waals surface area (Å²) in [5, 5.41) is 0. The lowest BCUT2D eigenvalue weighted by atomic mass is 9.89. The predicted molar refractivity (Wildman–Crippen MR) is 54.7 cm³/mol. The van der Waals surface area contributed by atoms with Crippen LogP contribution in [0.3, 0.4) is 0 Å². The summed E-state index contributed by atoms with van der Waals surface area (Å²) in [4.78, 5) is 4.84. The molecule has 1 aromatic heterocycles. The molecule has 5 nitrogen and oxygen atoms in total. The number of aromatic nitrogens is 1. The van der Waals surface area contributed by atoms with E-state index in [1.165, 1.54) is 11.1 Å². The van der Waals surface area contributed by atoms with Crippen LogP contribution in [0.4, 0.5) is 0 Å². The Balaban J connectivity index is 1.52. The van der Waals surface area contributed by atoms with Crippen LogP contribution in [0.5, 0.6) is 0 Å². The highest BCUT2D eigenvalue weighted by Gasteiger charge is 2.68. The van der Waals surface area contributed by atoms with Gasteiger partial charge < -0.3 is 18.9 Å². The fourth-order valence-electron chi connectivity index (χ4n) is 3.92. The molecule has 4 fully saturated rings. The maximum atomic E-state index is 5.70. The molecule has 0 bridgehead atoms. The molecule has 0 N–H and O–H groups in total. The molecule has 4 saturated heterocycles. The zero-order valence-electron chi connectivity index (χ0n) is 9.28. The molecule has 0 unspecified atom stereocenters. The molecule has 0 amide bonds. The van der Waals surface area contributed by atoms with E-state index in [1.54, 1.807) is 0 Å². The van der Waals surface area contributed by atoms with E-state index in [-0.39, 0.29) is 48.8 Å². The summed E-state index contributed by atoms with van der Waals surface area (Å²) in [7, 11) is 0. The Kier molecular flexibility index (Phi) is 0.976. The molecule has 90 valence electrons. The van der Waals surface area contributed by atoms with Gasteiger partial charge >= 0.3 is 0 Å². The van der Waals surface area contributed by atoms with E-state index in [0.717, 1.165) is 11.4 Å². The quantitative estimate of drug-likeness (QED) is 0.632. The summed E-state index contributed by atoms with van der Waals surface area (Å²) in [6.07, 6.45) is 1.87. The summed E-state index contributed by atoms with van der Waals surface area (Å²) >= 11 is 0. The lowest BCUT2D eigenvalue weighted by molar-refractivity contribution is 0.299. The second-order valence-electron chi connectivity index (χ2n) is 6.02. The van der Waals surface area contributed by atoms with Gasteiger partial charge in [0.15, 0.2) is 0 Å². The number of pyridine rings is 1. The van der Waals surface area contributed by atoms with Gasteiger partial charge in [0.1, 0.15) is 48.8 Å². The molecule has 8 atom stereocenters. The zero-order chi connectivity index (χ0) is 11.2. The smallest absolute Gasteiger partial charge is 0.129 e. The van der Waals surface area contributed by atoms with Crippen molar-refractivity contribution in [3.05, 3.63) is 28.6 Å². The highest BCUT2D eigenvalue weighted by Crippen LogP contribution is 2.64. The van der Waals surface area contributed by atoms with E-state index in [0.29, 0.717) is 0 Å². The first-order valence-corrected chi connectivity index (χ1v) is 6.56. The second-order valence-corrected chi connectivity index (χ2v) is 6.02. The summed E-state index contributed by atoms with van der Waals surface area (Å²) in [6, 6.07) is 2.24. The van der Waals surface area contributed by atoms with Gasteiger partial charge in [0.05, 0.1) is 11.4 Å². The van der Waals surface area contributed by atoms with E-state index in [4.69, 9.17) is 23.9 Å². The van der Waals surface area contributed by atoms with Crippen molar-refractivity contribution < 1.29 is 18.9 Å². The third-order valence-corrected chi connectivity index (χ3v) is 5.05. The van der Waals surface area contributed by atoms with Gasteiger partial charge in [-0.25, -0.2) is 0 Å². The number of hydrogen-bond donors (Lipinski definition) is 0. The topological polar surface area (TPSA) is 63.0 Å². The van der Waals surface area contributed by atoms with Gasteiger partial charge in [0, 0.05) is 11.1 Å². The minimum absolute atomic E-state index is 0.170. The van der Waals surface area contributed by atoms with Crippen molar-refractivity contribution in [1.29, 1.82) is 0 Å². The van der Waals surface area contributed by atoms with Gasteiger partial charge in [-0.3, -0.25) is 4.98 Å². The standard InChI is InChI=1S/C13H9NO4/c1-2-4(8-12(17-8)10-6(2)15-10)14-5-3(1)7-11(16-7)13-9(5)18-13/h1,6-13H/t6-,7-,8-,9-,10-,11-,12-,13-/m0/s1. The van der Waals surface area contributed by atoms with Gasteiger partial charge in [0.2, 0.25) is 0 Å². The maximum absolute atomic E-state index is 5.70. The molecule has 5 heterocycles. The molecular weight excluding hydrogens is 234 g/mol. The fraction of sp³-hybridized carbons (Fsp3) is 0.615. The highest BCUT2D eigenvalue weighted by atomic mass is 16.7. The molecule has 2 aliphatic carbocycles. The van der Waals surface area contributed by atoms with Gasteiger partial charge in [-0.05, 0) is 6.07 Å². The van der Waals surface area contributed by atoms with E-state index in [9.17, 15) is 0 Å². The Bertz CT molecular complexity index is 540. The second kappa shape index (κ2) is 2.14. The molecule has 0 saturated carbocycles. The van der Waals surface area contributed by atoms with Crippen LogP contribution in [-0.2, 0) is 18.9 Å². The van der Waals surface area contributed by atoms with Crippen LogP contribution >= 0.6 is 0 Å². The molecule has 0 radical (unpaired) electrons. The van der Waals surface area contributed by atoms with Gasteiger partial charge in [-0.15, -0.1) is 0 Å². The number of epoxide rings is 4. The van der Waals surface area contributed by atoms with E-state index in [1.807, 2.05) is 0 Å². The van der Waals surface area contributed by atoms with Crippen molar-refractivity contribution in [3.8, 4) is 0 Å². The highest BCUT2D eigenvalue weighted by molar-refractivity contribution is 5.47. The van der Waals surface area contributed by atoms with Crippen molar-refractivity contribution >= 4 is 0 Å². The fourth-order valence-corrected chi connectivity index (χ4v) is 3.92. The molecule has 1 aromatic rings. The first-order valence-electron chi connectivity index (χ1n) is 6.56. The van der Waals surface area contributed by atoms with Crippen LogP contribution in [0.1, 0.15) is 46.9 Å². The molecular formula is C13H9NO4. The Labute approximate surface area is 102 Å². The average molecular weight is 243 g/mol.